The molecule has 1 unspecified atom stereocenters. The maximum absolute atomic E-state index is 11.2. The zero-order valence-corrected chi connectivity index (χ0v) is 7.21. The number of piperazine rings is 1. The highest BCUT2D eigenvalue weighted by molar-refractivity contribution is 5.93. The summed E-state index contributed by atoms with van der Waals surface area (Å²) in [7, 11) is 0. The van der Waals surface area contributed by atoms with Crippen molar-refractivity contribution in [2.24, 2.45) is 0 Å². The Morgan fingerprint density at radius 1 is 1.46 bits per heavy atom. The van der Waals surface area contributed by atoms with Gasteiger partial charge in [-0.15, -0.1) is 0 Å². The van der Waals surface area contributed by atoms with E-state index in [4.69, 9.17) is 0 Å². The van der Waals surface area contributed by atoms with Gasteiger partial charge in [0.25, 0.3) is 0 Å². The van der Waals surface area contributed by atoms with Gasteiger partial charge in [0.05, 0.1) is 0 Å². The molecular weight excluding hydrogens is 172 g/mol. The second-order valence-electron chi connectivity index (χ2n) is 2.66. The number of hydrogen-bond donors (Lipinski definition) is 2. The van der Waals surface area contributed by atoms with Crippen LogP contribution in [0.3, 0.4) is 0 Å². The minimum atomic E-state index is -0.711. The van der Waals surface area contributed by atoms with Gasteiger partial charge in [-0.05, 0) is 0 Å². The number of carbonyl (C=O) groups excluding carboxylic acids is 2. The van der Waals surface area contributed by atoms with E-state index in [0.29, 0.717) is 13.1 Å². The molecule has 0 saturated carbocycles. The summed E-state index contributed by atoms with van der Waals surface area (Å²) in [6.45, 7) is 5.20. The van der Waals surface area contributed by atoms with Crippen molar-refractivity contribution in [3.8, 4) is 0 Å². The van der Waals surface area contributed by atoms with E-state index in [0.717, 1.165) is 12.6 Å². The first-order valence-electron chi connectivity index (χ1n) is 4.06. The second-order valence-corrected chi connectivity index (χ2v) is 2.66. The fourth-order valence-electron chi connectivity index (χ4n) is 1.03. The van der Waals surface area contributed by atoms with E-state index < -0.39 is 18.0 Å². The molecule has 0 aromatic heterocycles. The minimum absolute atomic E-state index is 0.433. The molecule has 0 bridgehead atoms. The third-order valence-corrected chi connectivity index (χ3v) is 1.69. The van der Waals surface area contributed by atoms with Gasteiger partial charge in [0.1, 0.15) is 6.04 Å². The van der Waals surface area contributed by atoms with Crippen LogP contribution >= 0.6 is 0 Å². The molecule has 1 aliphatic rings. The average Bonchev–Trinajstić information content (AvgIpc) is 2.19. The topological polar surface area (TPSA) is 67.4 Å². The van der Waals surface area contributed by atoms with Crippen molar-refractivity contribution in [3.63, 3.8) is 0 Å². The first-order valence-corrected chi connectivity index (χ1v) is 4.06. The van der Waals surface area contributed by atoms with Crippen molar-refractivity contribution in [2.45, 2.75) is 6.04 Å². The number of esters is 2. The predicted molar refractivity (Wildman–Crippen MR) is 46.0 cm³/mol. The summed E-state index contributed by atoms with van der Waals surface area (Å²) in [5.74, 6) is -1.27. The SMILES string of the molecule is C=CC(=O)OC(=O)C1CNCCN1. The zero-order valence-electron chi connectivity index (χ0n) is 7.21. The van der Waals surface area contributed by atoms with Gasteiger partial charge in [-0.3, -0.25) is 0 Å². The van der Waals surface area contributed by atoms with Crippen LogP contribution < -0.4 is 10.6 Å². The normalized spacial score (nSPS) is 22.0. The summed E-state index contributed by atoms with van der Waals surface area (Å²) in [5.41, 5.74) is 0. The molecule has 1 rings (SSSR count). The Hall–Kier alpha value is -1.20. The Morgan fingerprint density at radius 2 is 2.23 bits per heavy atom. The Bertz CT molecular complexity index is 221. The van der Waals surface area contributed by atoms with Crippen LogP contribution in [0.1, 0.15) is 0 Å². The largest absolute Gasteiger partial charge is 0.389 e. The molecule has 0 aromatic rings. The highest BCUT2D eigenvalue weighted by Gasteiger charge is 2.22. The van der Waals surface area contributed by atoms with E-state index in [9.17, 15) is 9.59 Å². The molecule has 1 atom stereocenters. The number of nitrogens with one attached hydrogen (secondary N) is 2. The van der Waals surface area contributed by atoms with Crippen molar-refractivity contribution in [1.29, 1.82) is 0 Å². The molecule has 5 heteroatoms. The smallest absolute Gasteiger partial charge is 0.337 e. The van der Waals surface area contributed by atoms with E-state index in [2.05, 4.69) is 21.9 Å². The van der Waals surface area contributed by atoms with Crippen LogP contribution in [0.4, 0.5) is 0 Å². The molecular formula is C8H12N2O3. The molecule has 0 amide bonds. The van der Waals surface area contributed by atoms with Gasteiger partial charge in [-0.25, -0.2) is 9.59 Å². The lowest BCUT2D eigenvalue weighted by Gasteiger charge is -2.21. The van der Waals surface area contributed by atoms with Crippen LogP contribution in [0.15, 0.2) is 12.7 Å². The first-order chi connectivity index (χ1) is 6.24. The highest BCUT2D eigenvalue weighted by atomic mass is 16.6. The number of rotatable bonds is 2. The van der Waals surface area contributed by atoms with E-state index in [1.807, 2.05) is 0 Å². The molecule has 1 fully saturated rings. The third kappa shape index (κ3) is 2.96. The lowest BCUT2D eigenvalue weighted by molar-refractivity contribution is -0.157. The Morgan fingerprint density at radius 3 is 2.77 bits per heavy atom. The van der Waals surface area contributed by atoms with Gasteiger partial charge >= 0.3 is 11.9 Å². The maximum Gasteiger partial charge on any atom is 0.337 e. The summed E-state index contributed by atoms with van der Waals surface area (Å²) in [5, 5.41) is 5.93. The molecule has 1 saturated heterocycles. The molecule has 5 nitrogen and oxygen atoms in total. The zero-order chi connectivity index (χ0) is 9.68. The average molecular weight is 184 g/mol. The number of carbonyl (C=O) groups is 2. The summed E-state index contributed by atoms with van der Waals surface area (Å²) in [6, 6.07) is -0.433. The maximum atomic E-state index is 11.2. The minimum Gasteiger partial charge on any atom is -0.389 e. The van der Waals surface area contributed by atoms with Crippen LogP contribution in [0, 0.1) is 0 Å². The molecule has 2 N–H and O–H groups in total. The summed E-state index contributed by atoms with van der Waals surface area (Å²) in [6.07, 6.45) is 0.966. The van der Waals surface area contributed by atoms with Gasteiger partial charge in [-0.2, -0.15) is 0 Å². The molecule has 0 aromatic carbocycles. The molecule has 72 valence electrons. The predicted octanol–water partition coefficient (Wildman–Crippen LogP) is -1.20. The van der Waals surface area contributed by atoms with Gasteiger partial charge in [0.2, 0.25) is 0 Å². The Kier molecular flexibility index (Phi) is 3.60. The highest BCUT2D eigenvalue weighted by Crippen LogP contribution is 1.92. The van der Waals surface area contributed by atoms with E-state index in [1.165, 1.54) is 0 Å². The molecule has 0 spiro atoms. The van der Waals surface area contributed by atoms with Crippen LogP contribution in [0.25, 0.3) is 0 Å². The first kappa shape index (κ1) is 9.88. The monoisotopic (exact) mass is 184 g/mol. The summed E-state index contributed by atoms with van der Waals surface area (Å²) in [4.78, 5) is 21.8. The number of ether oxygens (including phenoxy) is 1. The van der Waals surface area contributed by atoms with Crippen LogP contribution in [-0.2, 0) is 14.3 Å². The lowest BCUT2D eigenvalue weighted by atomic mass is 10.2. The van der Waals surface area contributed by atoms with Crippen LogP contribution in [-0.4, -0.2) is 37.6 Å². The van der Waals surface area contributed by atoms with Crippen molar-refractivity contribution in [2.75, 3.05) is 19.6 Å². The standard InChI is InChI=1S/C8H12N2O3/c1-2-7(11)13-8(12)6-5-9-3-4-10-6/h2,6,9-10H,1,3-5H2. The molecule has 13 heavy (non-hydrogen) atoms. The van der Waals surface area contributed by atoms with Crippen molar-refractivity contribution >= 4 is 11.9 Å². The lowest BCUT2D eigenvalue weighted by Crippen LogP contribution is -2.53. The molecule has 0 radical (unpaired) electrons. The fraction of sp³-hybridized carbons (Fsp3) is 0.500. The summed E-state index contributed by atoms with van der Waals surface area (Å²) < 4.78 is 4.44. The van der Waals surface area contributed by atoms with Gasteiger partial charge in [0, 0.05) is 25.7 Å². The van der Waals surface area contributed by atoms with Crippen LogP contribution in [0.5, 0.6) is 0 Å². The van der Waals surface area contributed by atoms with Crippen molar-refractivity contribution in [3.05, 3.63) is 12.7 Å². The molecule has 0 aliphatic carbocycles. The van der Waals surface area contributed by atoms with Gasteiger partial charge < -0.3 is 15.4 Å². The quantitative estimate of drug-likeness (QED) is 0.321. The van der Waals surface area contributed by atoms with E-state index in [-0.39, 0.29) is 0 Å². The van der Waals surface area contributed by atoms with Crippen LogP contribution in [0.2, 0.25) is 0 Å². The van der Waals surface area contributed by atoms with E-state index >= 15 is 0 Å². The summed E-state index contributed by atoms with van der Waals surface area (Å²) >= 11 is 0. The molecule has 1 heterocycles. The number of hydrogen-bond acceptors (Lipinski definition) is 5. The van der Waals surface area contributed by atoms with Gasteiger partial charge in [0.15, 0.2) is 0 Å². The third-order valence-electron chi connectivity index (χ3n) is 1.69. The van der Waals surface area contributed by atoms with Crippen molar-refractivity contribution < 1.29 is 14.3 Å². The molecule has 1 aliphatic heterocycles. The second kappa shape index (κ2) is 4.74. The Labute approximate surface area is 76.1 Å². The van der Waals surface area contributed by atoms with E-state index in [1.54, 1.807) is 0 Å². The fourth-order valence-corrected chi connectivity index (χ4v) is 1.03. The van der Waals surface area contributed by atoms with Crippen molar-refractivity contribution in [1.82, 2.24) is 10.6 Å². The van der Waals surface area contributed by atoms with Gasteiger partial charge in [-0.1, -0.05) is 6.58 Å². The Balaban J connectivity index is 2.37.